The Morgan fingerprint density at radius 3 is 2.08 bits per heavy atom. The van der Waals surface area contributed by atoms with Crippen LogP contribution in [0.15, 0.2) is 73.2 Å². The molecule has 0 atom stereocenters. The molecule has 1 aromatic heterocycles. The molecule has 0 spiro atoms. The lowest BCUT2D eigenvalue weighted by molar-refractivity contribution is -0.143. The van der Waals surface area contributed by atoms with Gasteiger partial charge >= 0.3 is 12.4 Å². The lowest BCUT2D eigenvalue weighted by Gasteiger charge is -2.15. The van der Waals surface area contributed by atoms with Crippen molar-refractivity contribution in [3.05, 3.63) is 106 Å². The highest BCUT2D eigenvalue weighted by Crippen LogP contribution is 2.38. The Kier molecular flexibility index (Phi) is 7.25. The normalized spacial score (nSPS) is 12.0. The predicted molar refractivity (Wildman–Crippen MR) is 127 cm³/mol. The molecule has 0 aliphatic heterocycles. The van der Waals surface area contributed by atoms with E-state index in [4.69, 9.17) is 23.2 Å². The Labute approximate surface area is 216 Å². The van der Waals surface area contributed by atoms with Gasteiger partial charge in [-0.3, -0.25) is 9.36 Å². The first kappa shape index (κ1) is 26.6. The molecule has 3 aromatic carbocycles. The third kappa shape index (κ3) is 5.91. The van der Waals surface area contributed by atoms with E-state index in [1.807, 2.05) is 0 Å². The molecule has 4 aromatic rings. The van der Waals surface area contributed by atoms with Crippen LogP contribution in [0, 0.1) is 0 Å². The second-order valence-electron chi connectivity index (χ2n) is 7.89. The van der Waals surface area contributed by atoms with Crippen molar-refractivity contribution >= 4 is 29.1 Å². The van der Waals surface area contributed by atoms with Gasteiger partial charge < -0.3 is 5.32 Å². The van der Waals surface area contributed by atoms with Crippen LogP contribution in [-0.2, 0) is 18.9 Å². The third-order valence-electron chi connectivity index (χ3n) is 5.41. The summed E-state index contributed by atoms with van der Waals surface area (Å²) >= 11 is 12.1. The lowest BCUT2D eigenvalue weighted by Crippen LogP contribution is -2.25. The summed E-state index contributed by atoms with van der Waals surface area (Å²) in [6.07, 6.45) is -7.25. The third-order valence-corrected chi connectivity index (χ3v) is 6.27. The summed E-state index contributed by atoms with van der Waals surface area (Å²) < 4.78 is 80.7. The van der Waals surface area contributed by atoms with Gasteiger partial charge in [0.05, 0.1) is 33.7 Å². The number of halogens is 8. The van der Waals surface area contributed by atoms with E-state index in [1.54, 1.807) is 18.2 Å². The minimum atomic E-state index is -4.95. The molecule has 0 aliphatic carbocycles. The smallest absolute Gasteiger partial charge is 0.347 e. The van der Waals surface area contributed by atoms with Gasteiger partial charge in [0.2, 0.25) is 0 Å². The molecule has 37 heavy (non-hydrogen) atoms. The van der Waals surface area contributed by atoms with Crippen LogP contribution < -0.4 is 5.32 Å². The number of alkyl halides is 6. The molecule has 1 N–H and O–H groups in total. The number of nitrogens with zero attached hydrogens (tertiary/aromatic N) is 2. The van der Waals surface area contributed by atoms with Crippen molar-refractivity contribution < 1.29 is 31.1 Å². The van der Waals surface area contributed by atoms with Crippen LogP contribution in [-0.4, -0.2) is 15.5 Å². The zero-order valence-corrected chi connectivity index (χ0v) is 20.0. The molecule has 0 fully saturated rings. The summed E-state index contributed by atoms with van der Waals surface area (Å²) in [5.41, 5.74) is -1.79. The number of imidazole rings is 1. The molecule has 4 rings (SSSR count). The number of benzene rings is 3. The highest BCUT2D eigenvalue weighted by Gasteiger charge is 2.37. The average molecular weight is 558 g/mol. The van der Waals surface area contributed by atoms with Gasteiger partial charge in [-0.1, -0.05) is 47.5 Å². The van der Waals surface area contributed by atoms with Gasteiger partial charge in [-0.15, -0.1) is 0 Å². The van der Waals surface area contributed by atoms with E-state index in [-0.39, 0.29) is 29.4 Å². The van der Waals surface area contributed by atoms with E-state index in [0.29, 0.717) is 33.4 Å². The number of amides is 1. The lowest BCUT2D eigenvalue weighted by atomic mass is 9.99. The Balaban J connectivity index is 1.59. The van der Waals surface area contributed by atoms with Crippen LogP contribution >= 0.6 is 23.2 Å². The van der Waals surface area contributed by atoms with E-state index in [9.17, 15) is 31.1 Å². The fraction of sp³-hybridized carbons (Fsp3) is 0.120. The summed E-state index contributed by atoms with van der Waals surface area (Å²) in [6, 6.07) is 12.0. The number of hydrogen-bond acceptors (Lipinski definition) is 2. The molecule has 0 unspecified atom stereocenters. The Hall–Kier alpha value is -3.50. The second-order valence-corrected chi connectivity index (χ2v) is 8.67. The molecule has 0 radical (unpaired) electrons. The molecule has 0 aliphatic rings. The summed E-state index contributed by atoms with van der Waals surface area (Å²) in [5, 5.41) is 3.34. The van der Waals surface area contributed by atoms with Gasteiger partial charge in [0.1, 0.15) is 5.69 Å². The molecule has 1 heterocycles. The average Bonchev–Trinajstić information content (AvgIpc) is 3.34. The maximum atomic E-state index is 13.2. The molecule has 4 nitrogen and oxygen atoms in total. The van der Waals surface area contributed by atoms with Crippen molar-refractivity contribution in [3.8, 4) is 16.8 Å². The fourth-order valence-corrected chi connectivity index (χ4v) is 3.94. The van der Waals surface area contributed by atoms with Gasteiger partial charge in [0.25, 0.3) is 5.91 Å². The number of carbonyl (C=O) groups is 1. The summed E-state index contributed by atoms with van der Waals surface area (Å²) in [4.78, 5) is 16.7. The molecular weight excluding hydrogens is 543 g/mol. The van der Waals surface area contributed by atoms with E-state index in [1.165, 1.54) is 41.4 Å². The Morgan fingerprint density at radius 1 is 0.865 bits per heavy atom. The molecule has 0 saturated carbocycles. The number of hydrogen-bond donors (Lipinski definition) is 1. The Morgan fingerprint density at radius 2 is 1.49 bits per heavy atom. The number of nitrogens with one attached hydrogen (secondary N) is 1. The van der Waals surface area contributed by atoms with Crippen molar-refractivity contribution in [2.45, 2.75) is 18.9 Å². The number of rotatable bonds is 5. The van der Waals surface area contributed by atoms with Gasteiger partial charge in [-0.25, -0.2) is 4.98 Å². The quantitative estimate of drug-likeness (QED) is 0.254. The van der Waals surface area contributed by atoms with Crippen molar-refractivity contribution in [2.24, 2.45) is 0 Å². The van der Waals surface area contributed by atoms with E-state index >= 15 is 0 Å². The van der Waals surface area contributed by atoms with E-state index in [0.717, 1.165) is 0 Å². The topological polar surface area (TPSA) is 46.9 Å². The van der Waals surface area contributed by atoms with Gasteiger partial charge in [0, 0.05) is 12.2 Å². The maximum absolute atomic E-state index is 13.2. The summed E-state index contributed by atoms with van der Waals surface area (Å²) in [7, 11) is 0. The van der Waals surface area contributed by atoms with Crippen LogP contribution in [0.25, 0.3) is 16.8 Å². The molecule has 0 bridgehead atoms. The summed E-state index contributed by atoms with van der Waals surface area (Å²) in [6.45, 7) is 0.0828. The van der Waals surface area contributed by atoms with Crippen LogP contribution in [0.2, 0.25) is 10.0 Å². The zero-order chi connectivity index (χ0) is 27.0. The SMILES string of the molecule is O=C(NCc1cccc(Cl)c1Cl)c1cncn1-c1ccc(-c2cc(C(F)(F)F)cc(C(F)(F)F)c2)cc1. The van der Waals surface area contributed by atoms with E-state index < -0.39 is 29.4 Å². The standard InChI is InChI=1S/C25H15Cl2F6N3O/c26-20-3-1-2-15(22(20)27)11-35-23(37)21-12-34-13-36(21)19-6-4-14(5-7-19)16-8-17(24(28,29)30)10-18(9-16)25(31,32)33/h1-10,12-13H,11H2,(H,35,37). The van der Waals surface area contributed by atoms with E-state index in [2.05, 4.69) is 10.3 Å². The maximum Gasteiger partial charge on any atom is 0.416 e. The fourth-order valence-electron chi connectivity index (χ4n) is 3.56. The summed E-state index contributed by atoms with van der Waals surface area (Å²) in [5.74, 6) is -0.495. The minimum Gasteiger partial charge on any atom is -0.347 e. The van der Waals surface area contributed by atoms with Gasteiger partial charge in [-0.2, -0.15) is 26.3 Å². The number of aromatic nitrogens is 2. The van der Waals surface area contributed by atoms with Crippen molar-refractivity contribution in [3.63, 3.8) is 0 Å². The monoisotopic (exact) mass is 557 g/mol. The first-order valence-corrected chi connectivity index (χ1v) is 11.2. The largest absolute Gasteiger partial charge is 0.416 e. The Bertz CT molecular complexity index is 1410. The first-order chi connectivity index (χ1) is 17.3. The molecule has 12 heteroatoms. The highest BCUT2D eigenvalue weighted by molar-refractivity contribution is 6.42. The second kappa shape index (κ2) is 10.1. The number of carbonyl (C=O) groups excluding carboxylic acids is 1. The van der Waals surface area contributed by atoms with Crippen molar-refractivity contribution in [2.75, 3.05) is 0 Å². The zero-order valence-electron chi connectivity index (χ0n) is 18.5. The van der Waals surface area contributed by atoms with Gasteiger partial charge in [0.15, 0.2) is 0 Å². The molecular formula is C25H15Cl2F6N3O. The van der Waals surface area contributed by atoms with Gasteiger partial charge in [-0.05, 0) is 53.1 Å². The predicted octanol–water partition coefficient (Wildman–Crippen LogP) is 7.81. The molecule has 192 valence electrons. The van der Waals surface area contributed by atoms with Crippen molar-refractivity contribution in [1.82, 2.24) is 14.9 Å². The van der Waals surface area contributed by atoms with Crippen LogP contribution in [0.4, 0.5) is 26.3 Å². The molecule has 1 amide bonds. The highest BCUT2D eigenvalue weighted by atomic mass is 35.5. The molecule has 0 saturated heterocycles. The minimum absolute atomic E-state index is 0.0742. The van der Waals surface area contributed by atoms with Crippen LogP contribution in [0.1, 0.15) is 27.2 Å². The van der Waals surface area contributed by atoms with Crippen LogP contribution in [0.5, 0.6) is 0 Å². The van der Waals surface area contributed by atoms with Crippen LogP contribution in [0.3, 0.4) is 0 Å². The van der Waals surface area contributed by atoms with Crippen molar-refractivity contribution in [1.29, 1.82) is 0 Å². The first-order valence-electron chi connectivity index (χ1n) is 10.5.